The smallest absolute Gasteiger partial charge is 0.155 e. The molecule has 2 aromatic heterocycles. The molecule has 0 aliphatic carbocycles. The normalized spacial score (nSPS) is 28.5. The van der Waals surface area contributed by atoms with Crippen LogP contribution in [0.3, 0.4) is 0 Å². The summed E-state index contributed by atoms with van der Waals surface area (Å²) in [5.41, 5.74) is 3.22. The van der Waals surface area contributed by atoms with Gasteiger partial charge in [-0.05, 0) is 38.2 Å². The molecule has 3 aromatic rings. The van der Waals surface area contributed by atoms with Crippen LogP contribution in [0.2, 0.25) is 0 Å². The number of fused-ring (bicyclic) bond motifs is 3. The average Bonchev–Trinajstić information content (AvgIpc) is 3.03. The van der Waals surface area contributed by atoms with Gasteiger partial charge in [-0.25, -0.2) is 9.50 Å². The van der Waals surface area contributed by atoms with Crippen LogP contribution < -0.4 is 0 Å². The van der Waals surface area contributed by atoms with Crippen molar-refractivity contribution < 1.29 is 5.11 Å². The molecule has 5 rings (SSSR count). The fourth-order valence-corrected chi connectivity index (χ4v) is 5.04. The number of aryl methyl sites for hydroxylation is 1. The highest BCUT2D eigenvalue weighted by molar-refractivity contribution is 5.40. The highest BCUT2D eigenvalue weighted by atomic mass is 16.3. The third kappa shape index (κ3) is 3.05. The van der Waals surface area contributed by atoms with E-state index in [0.29, 0.717) is 12.1 Å². The van der Waals surface area contributed by atoms with Crippen molar-refractivity contribution in [2.75, 3.05) is 0 Å². The van der Waals surface area contributed by atoms with E-state index in [4.69, 9.17) is 0 Å². The quantitative estimate of drug-likeness (QED) is 0.775. The van der Waals surface area contributed by atoms with Gasteiger partial charge >= 0.3 is 0 Å². The van der Waals surface area contributed by atoms with E-state index in [1.54, 1.807) is 4.52 Å². The molecule has 2 aliphatic rings. The van der Waals surface area contributed by atoms with Crippen molar-refractivity contribution in [2.45, 2.75) is 63.3 Å². The monoisotopic (exact) mass is 362 g/mol. The molecule has 140 valence electrons. The van der Waals surface area contributed by atoms with Gasteiger partial charge in [0.1, 0.15) is 0 Å². The van der Waals surface area contributed by atoms with Crippen molar-refractivity contribution in [1.82, 2.24) is 19.5 Å². The maximum absolute atomic E-state index is 11.6. The standard InChI is InChI=1S/C22H26N4O/c1-16-10-21-23-13-18(15-26(21)24-16)22(27)11-19-8-5-9-20(12-22)25(19)14-17-6-3-2-4-7-17/h2-4,6-7,10,13,15,19-20,27H,5,8-9,11-12,14H2,1H3. The first-order chi connectivity index (χ1) is 13.1. The number of rotatable bonds is 3. The van der Waals surface area contributed by atoms with E-state index in [2.05, 4.69) is 45.3 Å². The second-order valence-electron chi connectivity index (χ2n) is 8.27. The molecule has 2 fully saturated rings. The van der Waals surface area contributed by atoms with Crippen molar-refractivity contribution in [3.8, 4) is 0 Å². The zero-order chi connectivity index (χ0) is 18.4. The van der Waals surface area contributed by atoms with Crippen molar-refractivity contribution >= 4 is 5.65 Å². The summed E-state index contributed by atoms with van der Waals surface area (Å²) in [6.45, 7) is 2.94. The van der Waals surface area contributed by atoms with Crippen LogP contribution in [0.15, 0.2) is 48.8 Å². The first-order valence-electron chi connectivity index (χ1n) is 9.95. The van der Waals surface area contributed by atoms with Crippen LogP contribution in [-0.4, -0.2) is 36.7 Å². The maximum Gasteiger partial charge on any atom is 0.155 e. The Kier molecular flexibility index (Phi) is 4.02. The van der Waals surface area contributed by atoms with Crippen LogP contribution in [0, 0.1) is 6.92 Å². The van der Waals surface area contributed by atoms with E-state index in [9.17, 15) is 5.11 Å². The third-order valence-electron chi connectivity index (χ3n) is 6.34. The zero-order valence-corrected chi connectivity index (χ0v) is 15.8. The molecule has 2 saturated heterocycles. The SMILES string of the molecule is Cc1cc2ncc(C3(O)CC4CCCC(C3)N4Cc3ccccc3)cn2n1. The van der Waals surface area contributed by atoms with Gasteiger partial charge in [-0.3, -0.25) is 4.90 Å². The molecule has 0 amide bonds. The van der Waals surface area contributed by atoms with Crippen LogP contribution >= 0.6 is 0 Å². The highest BCUT2D eigenvalue weighted by Crippen LogP contribution is 2.44. The summed E-state index contributed by atoms with van der Waals surface area (Å²) in [6.07, 6.45) is 8.92. The minimum absolute atomic E-state index is 0.415. The van der Waals surface area contributed by atoms with Crippen molar-refractivity contribution in [3.63, 3.8) is 0 Å². The fraction of sp³-hybridized carbons (Fsp3) is 0.455. The Balaban J connectivity index is 1.43. The molecule has 5 nitrogen and oxygen atoms in total. The summed E-state index contributed by atoms with van der Waals surface area (Å²) in [5, 5.41) is 16.1. The van der Waals surface area contributed by atoms with E-state index in [1.165, 1.54) is 12.0 Å². The Morgan fingerprint density at radius 3 is 2.63 bits per heavy atom. The summed E-state index contributed by atoms with van der Waals surface area (Å²) in [5.74, 6) is 0. The Bertz CT molecular complexity index is 937. The number of hydrogen-bond acceptors (Lipinski definition) is 4. The molecule has 5 heteroatoms. The van der Waals surface area contributed by atoms with E-state index >= 15 is 0 Å². The van der Waals surface area contributed by atoms with Gasteiger partial charge in [-0.1, -0.05) is 36.8 Å². The molecule has 2 aliphatic heterocycles. The van der Waals surface area contributed by atoms with Gasteiger partial charge < -0.3 is 5.11 Å². The summed E-state index contributed by atoms with van der Waals surface area (Å²) < 4.78 is 1.80. The van der Waals surface area contributed by atoms with Crippen molar-refractivity contribution in [1.29, 1.82) is 0 Å². The fourth-order valence-electron chi connectivity index (χ4n) is 5.04. The molecule has 1 aromatic carbocycles. The largest absolute Gasteiger partial charge is 0.385 e. The number of aliphatic hydroxyl groups is 1. The van der Waals surface area contributed by atoms with Crippen molar-refractivity contribution in [3.05, 3.63) is 65.6 Å². The molecule has 4 heterocycles. The van der Waals surface area contributed by atoms with Crippen LogP contribution in [-0.2, 0) is 12.1 Å². The number of nitrogens with zero attached hydrogens (tertiary/aromatic N) is 4. The second-order valence-corrected chi connectivity index (χ2v) is 8.27. The van der Waals surface area contributed by atoms with Gasteiger partial charge in [0.25, 0.3) is 0 Å². The molecule has 2 atom stereocenters. The Labute approximate surface area is 159 Å². The summed E-state index contributed by atoms with van der Waals surface area (Å²) >= 11 is 0. The van der Waals surface area contributed by atoms with Crippen molar-refractivity contribution in [2.24, 2.45) is 0 Å². The van der Waals surface area contributed by atoms with E-state index in [-0.39, 0.29) is 0 Å². The predicted octanol–water partition coefficient (Wildman–Crippen LogP) is 3.44. The summed E-state index contributed by atoms with van der Waals surface area (Å²) in [4.78, 5) is 7.15. The Hall–Kier alpha value is -2.24. The molecular formula is C22H26N4O. The zero-order valence-electron chi connectivity index (χ0n) is 15.8. The summed E-state index contributed by atoms with van der Waals surface area (Å²) in [7, 11) is 0. The maximum atomic E-state index is 11.6. The Morgan fingerprint density at radius 2 is 1.89 bits per heavy atom. The highest BCUT2D eigenvalue weighted by Gasteiger charge is 2.46. The lowest BCUT2D eigenvalue weighted by molar-refractivity contribution is -0.100. The van der Waals surface area contributed by atoms with Crippen LogP contribution in [0.4, 0.5) is 0 Å². The minimum atomic E-state index is -0.815. The van der Waals surface area contributed by atoms with Gasteiger partial charge in [0.2, 0.25) is 0 Å². The van der Waals surface area contributed by atoms with Gasteiger partial charge in [0.15, 0.2) is 5.65 Å². The van der Waals surface area contributed by atoms with Gasteiger partial charge in [-0.15, -0.1) is 0 Å². The van der Waals surface area contributed by atoms with Gasteiger partial charge in [-0.2, -0.15) is 5.10 Å². The van der Waals surface area contributed by atoms with Crippen LogP contribution in [0.25, 0.3) is 5.65 Å². The Morgan fingerprint density at radius 1 is 1.15 bits per heavy atom. The first kappa shape index (κ1) is 16.9. The minimum Gasteiger partial charge on any atom is -0.385 e. The topological polar surface area (TPSA) is 53.7 Å². The van der Waals surface area contributed by atoms with Gasteiger partial charge in [0.05, 0.1) is 11.3 Å². The third-order valence-corrected chi connectivity index (χ3v) is 6.34. The van der Waals surface area contributed by atoms with Gasteiger partial charge in [0, 0.05) is 42.7 Å². The second kappa shape index (κ2) is 6.43. The predicted molar refractivity (Wildman–Crippen MR) is 104 cm³/mol. The number of aromatic nitrogens is 3. The molecule has 0 spiro atoms. The molecule has 27 heavy (non-hydrogen) atoms. The first-order valence-corrected chi connectivity index (χ1v) is 9.95. The van der Waals surface area contributed by atoms with Crippen LogP contribution in [0.1, 0.15) is 48.9 Å². The molecule has 2 unspecified atom stereocenters. The lowest BCUT2D eigenvalue weighted by Crippen LogP contribution is -2.56. The average molecular weight is 362 g/mol. The van der Waals surface area contributed by atoms with E-state index in [1.807, 2.05) is 25.4 Å². The van der Waals surface area contributed by atoms with Crippen LogP contribution in [0.5, 0.6) is 0 Å². The van der Waals surface area contributed by atoms with E-state index in [0.717, 1.165) is 49.1 Å². The number of benzene rings is 1. The molecule has 1 N–H and O–H groups in total. The molecule has 0 saturated carbocycles. The number of piperidine rings is 2. The van der Waals surface area contributed by atoms with E-state index < -0.39 is 5.60 Å². The summed E-state index contributed by atoms with van der Waals surface area (Å²) in [6, 6.07) is 13.5. The lowest BCUT2D eigenvalue weighted by atomic mass is 9.73. The molecule has 0 radical (unpaired) electrons. The molecular weight excluding hydrogens is 336 g/mol. The number of hydrogen-bond donors (Lipinski definition) is 1. The molecule has 2 bridgehead atoms. The lowest BCUT2D eigenvalue weighted by Gasteiger charge is -2.52.